The summed E-state index contributed by atoms with van der Waals surface area (Å²) in [6.45, 7) is 9.98. The van der Waals surface area contributed by atoms with Crippen molar-refractivity contribution < 1.29 is 4.74 Å². The Morgan fingerprint density at radius 1 is 1.30 bits per heavy atom. The van der Waals surface area contributed by atoms with E-state index in [1.165, 1.54) is 8.66 Å². The van der Waals surface area contributed by atoms with E-state index in [-0.39, 0.29) is 0 Å². The third kappa shape index (κ3) is 3.49. The zero-order valence-corrected chi connectivity index (χ0v) is 16.4. The van der Waals surface area contributed by atoms with Crippen LogP contribution >= 0.6 is 43.2 Å². The summed E-state index contributed by atoms with van der Waals surface area (Å²) in [5.74, 6) is 1.09. The van der Waals surface area contributed by atoms with Crippen molar-refractivity contribution in [2.24, 2.45) is 11.8 Å². The monoisotopic (exact) mass is 423 g/mol. The Labute approximate surface area is 142 Å². The van der Waals surface area contributed by atoms with Crippen LogP contribution in [0.3, 0.4) is 0 Å². The molecule has 2 rings (SSSR count). The van der Waals surface area contributed by atoms with Crippen molar-refractivity contribution in [2.45, 2.75) is 52.4 Å². The summed E-state index contributed by atoms with van der Waals surface area (Å²) in [6.07, 6.45) is 1.79. The van der Waals surface area contributed by atoms with Gasteiger partial charge in [-0.2, -0.15) is 0 Å². The minimum Gasteiger partial charge on any atom is -0.375 e. The number of hydrogen-bond donors (Lipinski definition) is 1. The lowest BCUT2D eigenvalue weighted by atomic mass is 9.82. The Balaban J connectivity index is 2.27. The number of hydrogen-bond acceptors (Lipinski definition) is 3. The molecule has 1 aliphatic rings. The first kappa shape index (κ1) is 16.9. The highest BCUT2D eigenvalue weighted by Crippen LogP contribution is 2.44. The Hall–Kier alpha value is 0.580. The molecular weight excluding hydrogens is 402 g/mol. The average Bonchev–Trinajstić information content (AvgIpc) is 2.84. The van der Waals surface area contributed by atoms with Crippen molar-refractivity contribution in [1.82, 2.24) is 5.32 Å². The summed E-state index contributed by atoms with van der Waals surface area (Å²) in [6, 6.07) is 2.61. The highest BCUT2D eigenvalue weighted by Gasteiger charge is 2.42. The van der Waals surface area contributed by atoms with Crippen LogP contribution in [0.25, 0.3) is 0 Å². The molecule has 0 aliphatic carbocycles. The third-order valence-electron chi connectivity index (χ3n) is 4.29. The number of ether oxygens (including phenoxy) is 1. The van der Waals surface area contributed by atoms with Crippen LogP contribution in [0.15, 0.2) is 14.3 Å². The fourth-order valence-electron chi connectivity index (χ4n) is 3.11. The molecule has 0 radical (unpaired) electrons. The summed E-state index contributed by atoms with van der Waals surface area (Å²) in [5, 5.41) is 3.74. The summed E-state index contributed by atoms with van der Waals surface area (Å²) in [5.41, 5.74) is 0. The van der Waals surface area contributed by atoms with Gasteiger partial charge in [-0.05, 0) is 70.7 Å². The molecule has 1 aromatic rings. The largest absolute Gasteiger partial charge is 0.375 e. The van der Waals surface area contributed by atoms with Crippen molar-refractivity contribution in [3.63, 3.8) is 0 Å². The molecular formula is C15H23Br2NOS. The predicted octanol–water partition coefficient (Wildman–Crippen LogP) is 5.37. The molecule has 2 heterocycles. The second-order valence-corrected chi connectivity index (χ2v) is 8.94. The van der Waals surface area contributed by atoms with E-state index < -0.39 is 0 Å². The second kappa shape index (κ2) is 7.23. The highest BCUT2D eigenvalue weighted by atomic mass is 79.9. The molecule has 114 valence electrons. The predicted molar refractivity (Wildman–Crippen MR) is 93.4 cm³/mol. The smallest absolute Gasteiger partial charge is 0.0843 e. The van der Waals surface area contributed by atoms with Gasteiger partial charge < -0.3 is 10.1 Å². The second-order valence-electron chi connectivity index (χ2n) is 5.68. The normalized spacial score (nSPS) is 31.7. The van der Waals surface area contributed by atoms with Gasteiger partial charge in [0.25, 0.3) is 0 Å². The van der Waals surface area contributed by atoms with E-state index in [9.17, 15) is 0 Å². The van der Waals surface area contributed by atoms with Crippen LogP contribution in [-0.2, 0) is 4.74 Å². The molecule has 2 nitrogen and oxygen atoms in total. The van der Waals surface area contributed by atoms with Gasteiger partial charge in [-0.15, -0.1) is 11.3 Å². The van der Waals surface area contributed by atoms with E-state index in [0.717, 1.165) is 17.4 Å². The third-order valence-corrected chi connectivity index (χ3v) is 7.63. The molecule has 20 heavy (non-hydrogen) atoms. The lowest BCUT2D eigenvalue weighted by molar-refractivity contribution is 0.0476. The van der Waals surface area contributed by atoms with E-state index in [2.05, 4.69) is 70.9 Å². The standard InChI is InChI=1S/C15H23Br2NOS/c1-5-6-18-14(12-7-11(16)15(17)20-12)13-8(2)9(3)19-10(13)4/h7-10,13-14,18H,5-6H2,1-4H3. The number of nitrogens with one attached hydrogen (secondary N) is 1. The molecule has 0 saturated carbocycles. The molecule has 1 saturated heterocycles. The number of rotatable bonds is 5. The quantitative estimate of drug-likeness (QED) is 0.685. The summed E-state index contributed by atoms with van der Waals surface area (Å²) in [7, 11) is 0. The first-order valence-corrected chi connectivity index (χ1v) is 9.69. The van der Waals surface area contributed by atoms with Crippen LogP contribution < -0.4 is 5.32 Å². The van der Waals surface area contributed by atoms with Gasteiger partial charge in [0.2, 0.25) is 0 Å². The van der Waals surface area contributed by atoms with Crippen molar-refractivity contribution in [1.29, 1.82) is 0 Å². The maximum atomic E-state index is 6.05. The van der Waals surface area contributed by atoms with Gasteiger partial charge in [-0.1, -0.05) is 13.8 Å². The van der Waals surface area contributed by atoms with E-state index in [1.54, 1.807) is 0 Å². The summed E-state index contributed by atoms with van der Waals surface area (Å²) < 4.78 is 8.36. The van der Waals surface area contributed by atoms with Crippen molar-refractivity contribution in [3.8, 4) is 0 Å². The van der Waals surface area contributed by atoms with Crippen molar-refractivity contribution >= 4 is 43.2 Å². The minimum atomic E-state index is 0.300. The van der Waals surface area contributed by atoms with Gasteiger partial charge in [0.1, 0.15) is 0 Å². The Kier molecular flexibility index (Phi) is 6.12. The molecule has 5 heteroatoms. The fourth-order valence-corrected chi connectivity index (χ4v) is 5.33. The van der Waals surface area contributed by atoms with Crippen LogP contribution in [0.5, 0.6) is 0 Å². The van der Waals surface area contributed by atoms with Gasteiger partial charge in [0, 0.05) is 21.3 Å². The van der Waals surface area contributed by atoms with Gasteiger partial charge in [-0.25, -0.2) is 0 Å². The Bertz CT molecular complexity index is 432. The lowest BCUT2D eigenvalue weighted by Crippen LogP contribution is -2.34. The van der Waals surface area contributed by atoms with Gasteiger partial charge in [-0.3, -0.25) is 0 Å². The zero-order chi connectivity index (χ0) is 14.9. The van der Waals surface area contributed by atoms with Crippen LogP contribution in [0.2, 0.25) is 0 Å². The van der Waals surface area contributed by atoms with Crippen molar-refractivity contribution in [3.05, 3.63) is 19.2 Å². The SMILES string of the molecule is CCCNC(c1cc(Br)c(Br)s1)C1C(C)OC(C)C1C. The fraction of sp³-hybridized carbons (Fsp3) is 0.733. The molecule has 0 aromatic carbocycles. The summed E-state index contributed by atoms with van der Waals surface area (Å²) >= 11 is 9.04. The molecule has 1 fully saturated rings. The zero-order valence-electron chi connectivity index (χ0n) is 12.5. The number of thiophene rings is 1. The molecule has 1 N–H and O–H groups in total. The Morgan fingerprint density at radius 3 is 2.45 bits per heavy atom. The lowest BCUT2D eigenvalue weighted by Gasteiger charge is -2.29. The number of halogens is 2. The highest BCUT2D eigenvalue weighted by molar-refractivity contribution is 9.13. The van der Waals surface area contributed by atoms with Crippen LogP contribution in [-0.4, -0.2) is 18.8 Å². The maximum Gasteiger partial charge on any atom is 0.0843 e. The van der Waals surface area contributed by atoms with Crippen molar-refractivity contribution in [2.75, 3.05) is 6.54 Å². The molecule has 0 bridgehead atoms. The van der Waals surface area contributed by atoms with Crippen LogP contribution in [0, 0.1) is 11.8 Å². The molecule has 0 spiro atoms. The van der Waals surface area contributed by atoms with Gasteiger partial charge >= 0.3 is 0 Å². The molecule has 1 aromatic heterocycles. The van der Waals surface area contributed by atoms with Crippen LogP contribution in [0.1, 0.15) is 45.0 Å². The van der Waals surface area contributed by atoms with Crippen LogP contribution in [0.4, 0.5) is 0 Å². The molecule has 1 aliphatic heterocycles. The van der Waals surface area contributed by atoms with E-state index in [0.29, 0.717) is 30.1 Å². The topological polar surface area (TPSA) is 21.3 Å². The maximum absolute atomic E-state index is 6.05. The minimum absolute atomic E-state index is 0.300. The molecule has 5 atom stereocenters. The summed E-state index contributed by atoms with van der Waals surface area (Å²) in [4.78, 5) is 1.39. The van der Waals surface area contributed by atoms with E-state index in [1.807, 2.05) is 11.3 Å². The first-order valence-electron chi connectivity index (χ1n) is 7.29. The molecule has 5 unspecified atom stereocenters. The van der Waals surface area contributed by atoms with E-state index in [4.69, 9.17) is 4.74 Å². The van der Waals surface area contributed by atoms with Gasteiger partial charge in [0.05, 0.1) is 16.0 Å². The average molecular weight is 425 g/mol. The van der Waals surface area contributed by atoms with E-state index >= 15 is 0 Å². The Morgan fingerprint density at radius 2 is 2.00 bits per heavy atom. The first-order chi connectivity index (χ1) is 9.45. The van der Waals surface area contributed by atoms with Gasteiger partial charge in [0.15, 0.2) is 0 Å². The molecule has 0 amide bonds.